The van der Waals surface area contributed by atoms with Gasteiger partial charge in [0, 0.05) is 0 Å². The summed E-state index contributed by atoms with van der Waals surface area (Å²) in [6.45, 7) is 6.63. The highest BCUT2D eigenvalue weighted by Crippen LogP contribution is 2.54. The van der Waals surface area contributed by atoms with Crippen LogP contribution in [0, 0.1) is 11.8 Å². The van der Waals surface area contributed by atoms with Gasteiger partial charge in [-0.25, -0.2) is 0 Å². The molecule has 1 heteroatoms. The standard InChI is InChI=1S/C12H22O/c1-4-12(13-9(2)3)8-10-5-6-11(12)7-10/h9-11H,4-8H2,1-3H3. The topological polar surface area (TPSA) is 9.23 Å². The van der Waals surface area contributed by atoms with Crippen molar-refractivity contribution < 1.29 is 4.74 Å². The molecule has 0 aromatic carbocycles. The van der Waals surface area contributed by atoms with Gasteiger partial charge in [-0.1, -0.05) is 6.92 Å². The Morgan fingerprint density at radius 2 is 2.15 bits per heavy atom. The van der Waals surface area contributed by atoms with Gasteiger partial charge in [-0.15, -0.1) is 0 Å². The van der Waals surface area contributed by atoms with Gasteiger partial charge in [-0.3, -0.25) is 0 Å². The lowest BCUT2D eigenvalue weighted by Gasteiger charge is -2.38. The van der Waals surface area contributed by atoms with Crippen LogP contribution in [0.15, 0.2) is 0 Å². The molecule has 0 aromatic rings. The predicted octanol–water partition coefficient (Wildman–Crippen LogP) is 3.38. The van der Waals surface area contributed by atoms with E-state index in [4.69, 9.17) is 4.74 Å². The van der Waals surface area contributed by atoms with E-state index in [2.05, 4.69) is 20.8 Å². The third-order valence-electron chi connectivity index (χ3n) is 3.99. The van der Waals surface area contributed by atoms with E-state index in [1.165, 1.54) is 32.1 Å². The third-order valence-corrected chi connectivity index (χ3v) is 3.99. The van der Waals surface area contributed by atoms with Gasteiger partial charge in [0.05, 0.1) is 11.7 Å². The highest BCUT2D eigenvalue weighted by molar-refractivity contribution is 5.01. The molecule has 0 aromatic heterocycles. The molecule has 0 heterocycles. The molecule has 1 nitrogen and oxygen atoms in total. The molecule has 0 N–H and O–H groups in total. The van der Waals surface area contributed by atoms with E-state index in [0.717, 1.165) is 11.8 Å². The molecule has 76 valence electrons. The molecule has 2 aliphatic carbocycles. The normalized spacial score (nSPS) is 43.4. The van der Waals surface area contributed by atoms with Crippen molar-refractivity contribution in [2.24, 2.45) is 11.8 Å². The lowest BCUT2D eigenvalue weighted by molar-refractivity contribution is -0.115. The smallest absolute Gasteiger partial charge is 0.0714 e. The second kappa shape index (κ2) is 3.27. The van der Waals surface area contributed by atoms with E-state index >= 15 is 0 Å². The molecule has 2 rings (SSSR count). The molecule has 0 saturated heterocycles. The second-order valence-corrected chi connectivity index (χ2v) is 5.17. The molecule has 2 saturated carbocycles. The Morgan fingerprint density at radius 1 is 1.38 bits per heavy atom. The van der Waals surface area contributed by atoms with Crippen LogP contribution < -0.4 is 0 Å². The van der Waals surface area contributed by atoms with Gasteiger partial charge in [0.1, 0.15) is 0 Å². The third kappa shape index (κ3) is 1.52. The number of rotatable bonds is 3. The number of ether oxygens (including phenoxy) is 1. The van der Waals surface area contributed by atoms with Crippen molar-refractivity contribution in [2.45, 2.75) is 64.6 Å². The van der Waals surface area contributed by atoms with Crippen molar-refractivity contribution in [2.75, 3.05) is 0 Å². The Morgan fingerprint density at radius 3 is 2.54 bits per heavy atom. The number of hydrogen-bond acceptors (Lipinski definition) is 1. The SMILES string of the molecule is CCC1(OC(C)C)CC2CCC1C2. The Hall–Kier alpha value is -0.0400. The molecule has 0 radical (unpaired) electrons. The Labute approximate surface area is 81.9 Å². The summed E-state index contributed by atoms with van der Waals surface area (Å²) in [4.78, 5) is 0. The maximum atomic E-state index is 6.18. The lowest BCUT2D eigenvalue weighted by Crippen LogP contribution is -2.39. The fourth-order valence-corrected chi connectivity index (χ4v) is 3.52. The van der Waals surface area contributed by atoms with E-state index in [9.17, 15) is 0 Å². The molecule has 3 unspecified atom stereocenters. The first-order valence-corrected chi connectivity index (χ1v) is 5.84. The van der Waals surface area contributed by atoms with Gasteiger partial charge in [0.25, 0.3) is 0 Å². The summed E-state index contributed by atoms with van der Waals surface area (Å²) < 4.78 is 6.18. The maximum Gasteiger partial charge on any atom is 0.0714 e. The highest BCUT2D eigenvalue weighted by atomic mass is 16.5. The summed E-state index contributed by atoms with van der Waals surface area (Å²) in [5.74, 6) is 1.87. The van der Waals surface area contributed by atoms with Crippen LogP contribution in [0.5, 0.6) is 0 Å². The zero-order valence-corrected chi connectivity index (χ0v) is 9.18. The van der Waals surface area contributed by atoms with Gasteiger partial charge >= 0.3 is 0 Å². The zero-order valence-electron chi connectivity index (χ0n) is 9.18. The molecular formula is C12H22O. The van der Waals surface area contributed by atoms with E-state index in [1.54, 1.807) is 0 Å². The Balaban J connectivity index is 2.08. The van der Waals surface area contributed by atoms with Crippen LogP contribution in [0.3, 0.4) is 0 Å². The quantitative estimate of drug-likeness (QED) is 0.650. The van der Waals surface area contributed by atoms with Crippen LogP contribution >= 0.6 is 0 Å². The minimum atomic E-state index is 0.275. The van der Waals surface area contributed by atoms with Crippen LogP contribution in [-0.2, 0) is 4.74 Å². The summed E-state index contributed by atoms with van der Waals surface area (Å²) in [6, 6.07) is 0. The first-order chi connectivity index (χ1) is 6.16. The Bertz CT molecular complexity index is 188. The van der Waals surface area contributed by atoms with Crippen LogP contribution in [0.25, 0.3) is 0 Å². The molecule has 2 bridgehead atoms. The molecule has 2 fully saturated rings. The second-order valence-electron chi connectivity index (χ2n) is 5.17. The lowest BCUT2D eigenvalue weighted by atomic mass is 9.82. The van der Waals surface area contributed by atoms with Gasteiger partial charge in [-0.05, 0) is 57.8 Å². The van der Waals surface area contributed by atoms with E-state index in [1.807, 2.05) is 0 Å². The maximum absolute atomic E-state index is 6.18. The summed E-state index contributed by atoms with van der Waals surface area (Å²) in [5.41, 5.74) is 0.275. The molecule has 0 aliphatic heterocycles. The first-order valence-electron chi connectivity index (χ1n) is 5.84. The zero-order chi connectivity index (χ0) is 9.47. The average Bonchev–Trinajstić information content (AvgIpc) is 2.62. The Kier molecular flexibility index (Phi) is 2.39. The highest BCUT2D eigenvalue weighted by Gasteiger charge is 2.50. The summed E-state index contributed by atoms with van der Waals surface area (Å²) in [7, 11) is 0. The molecule has 0 spiro atoms. The fourth-order valence-electron chi connectivity index (χ4n) is 3.52. The number of hydrogen-bond donors (Lipinski definition) is 0. The summed E-state index contributed by atoms with van der Waals surface area (Å²) in [5, 5.41) is 0. The average molecular weight is 182 g/mol. The van der Waals surface area contributed by atoms with Gasteiger partial charge < -0.3 is 4.74 Å². The van der Waals surface area contributed by atoms with Crippen molar-refractivity contribution in [3.63, 3.8) is 0 Å². The largest absolute Gasteiger partial charge is 0.372 e. The van der Waals surface area contributed by atoms with E-state index < -0.39 is 0 Å². The number of fused-ring (bicyclic) bond motifs is 2. The van der Waals surface area contributed by atoms with Crippen LogP contribution in [-0.4, -0.2) is 11.7 Å². The van der Waals surface area contributed by atoms with E-state index in [-0.39, 0.29) is 5.60 Å². The van der Waals surface area contributed by atoms with Crippen molar-refractivity contribution in [1.29, 1.82) is 0 Å². The molecule has 3 atom stereocenters. The summed E-state index contributed by atoms with van der Waals surface area (Å²) >= 11 is 0. The first kappa shape index (κ1) is 9.51. The van der Waals surface area contributed by atoms with Crippen molar-refractivity contribution in [3.8, 4) is 0 Å². The van der Waals surface area contributed by atoms with Crippen LogP contribution in [0.1, 0.15) is 52.9 Å². The van der Waals surface area contributed by atoms with Gasteiger partial charge in [0.2, 0.25) is 0 Å². The molecule has 2 aliphatic rings. The van der Waals surface area contributed by atoms with Gasteiger partial charge in [-0.2, -0.15) is 0 Å². The minimum Gasteiger partial charge on any atom is -0.372 e. The molecular weight excluding hydrogens is 160 g/mol. The van der Waals surface area contributed by atoms with Crippen molar-refractivity contribution in [3.05, 3.63) is 0 Å². The van der Waals surface area contributed by atoms with E-state index in [0.29, 0.717) is 6.10 Å². The minimum absolute atomic E-state index is 0.275. The van der Waals surface area contributed by atoms with Crippen molar-refractivity contribution >= 4 is 0 Å². The monoisotopic (exact) mass is 182 g/mol. The van der Waals surface area contributed by atoms with Crippen LogP contribution in [0.2, 0.25) is 0 Å². The summed E-state index contributed by atoms with van der Waals surface area (Å²) in [6.07, 6.45) is 7.29. The van der Waals surface area contributed by atoms with Crippen LogP contribution in [0.4, 0.5) is 0 Å². The predicted molar refractivity (Wildman–Crippen MR) is 54.7 cm³/mol. The molecule has 13 heavy (non-hydrogen) atoms. The van der Waals surface area contributed by atoms with Crippen molar-refractivity contribution in [1.82, 2.24) is 0 Å². The molecule has 0 amide bonds. The fraction of sp³-hybridized carbons (Fsp3) is 1.00. The van der Waals surface area contributed by atoms with Gasteiger partial charge in [0.15, 0.2) is 0 Å².